The number of esters is 3. The van der Waals surface area contributed by atoms with Gasteiger partial charge in [0, 0.05) is 82.8 Å². The van der Waals surface area contributed by atoms with Crippen LogP contribution in [0.3, 0.4) is 0 Å². The topological polar surface area (TPSA) is 258 Å². The minimum absolute atomic E-state index is 0. The Kier molecular flexibility index (Phi) is 16.3. The normalized spacial score (nSPS) is 40.1. The molecule has 467 valence electrons. The number of Topliss-reactive ketones (excluding diaryl/α,β-unsaturated/α-hetero) is 1. The molecule has 9 aliphatic heterocycles. The fraction of sp³-hybridized carbons (Fsp3) is 0.672. The molecule has 3 aromatic rings. The monoisotopic (exact) mass is 1260 g/mol. The molecule has 13 atom stereocenters. The van der Waals surface area contributed by atoms with Crippen molar-refractivity contribution in [2.24, 2.45) is 17.8 Å². The van der Waals surface area contributed by atoms with Gasteiger partial charge in [0.1, 0.15) is 22.8 Å². The van der Waals surface area contributed by atoms with E-state index in [2.05, 4.69) is 64.9 Å². The summed E-state index contributed by atoms with van der Waals surface area (Å²) in [6.45, 7) is 12.0. The second-order valence-electron chi connectivity index (χ2n) is 29.2. The van der Waals surface area contributed by atoms with Crippen LogP contribution in [0.2, 0.25) is 0 Å². The molecule has 3 spiro atoms. The van der Waals surface area contributed by atoms with Gasteiger partial charge in [0.05, 0.1) is 18.2 Å². The predicted molar refractivity (Wildman–Crippen MR) is 310 cm³/mol. The molecule has 0 unspecified atom stereocenters. The van der Waals surface area contributed by atoms with E-state index in [1.165, 1.54) is 55.2 Å². The zero-order valence-electron chi connectivity index (χ0n) is 52.6. The van der Waals surface area contributed by atoms with E-state index in [1.807, 2.05) is 25.1 Å². The van der Waals surface area contributed by atoms with Crippen molar-refractivity contribution in [1.29, 1.82) is 0 Å². The van der Waals surface area contributed by atoms with E-state index >= 15 is 0 Å². The Morgan fingerprint density at radius 2 is 0.943 bits per heavy atom. The number of aryl methyl sites for hydroxylation is 3. The number of hydrogen-bond acceptors (Lipinski definition) is 18. The third-order valence-corrected chi connectivity index (χ3v) is 24.4. The molecular weight excluding hydrogens is 1170 g/mol. The first-order valence-corrected chi connectivity index (χ1v) is 33.4. The number of piperidine rings is 3. The van der Waals surface area contributed by atoms with Crippen molar-refractivity contribution >= 4 is 32.1 Å². The van der Waals surface area contributed by atoms with Crippen LogP contribution in [-0.4, -0.2) is 170 Å². The molecule has 21 rings (SSSR count). The number of likely N-dealkylation sites (tertiary alicyclic amines) is 3. The van der Waals surface area contributed by atoms with Crippen LogP contribution in [0, 0.1) is 38.5 Å². The Morgan fingerprint density at radius 3 is 1.49 bits per heavy atom. The van der Waals surface area contributed by atoms with E-state index in [-0.39, 0.29) is 74.1 Å². The van der Waals surface area contributed by atoms with Gasteiger partial charge in [-0.05, 0) is 182 Å². The summed E-state index contributed by atoms with van der Waals surface area (Å²) >= 11 is -3.79. The number of nitrogens with zero attached hydrogens (tertiary/aromatic N) is 3. The summed E-state index contributed by atoms with van der Waals surface area (Å²) < 4.78 is 44.1. The van der Waals surface area contributed by atoms with Gasteiger partial charge in [-0.3, -0.25) is 19.5 Å². The van der Waals surface area contributed by atoms with E-state index in [4.69, 9.17) is 30.7 Å². The van der Waals surface area contributed by atoms with Crippen LogP contribution in [0.25, 0.3) is 0 Å². The number of rotatable bonds is 6. The summed E-state index contributed by atoms with van der Waals surface area (Å²) in [6, 6.07) is 18.7. The third kappa shape index (κ3) is 9.37. The van der Waals surface area contributed by atoms with Gasteiger partial charge < -0.3 is 41.2 Å². The summed E-state index contributed by atoms with van der Waals surface area (Å²) in [5.74, 6) is 0.937. The number of benzene rings is 3. The maximum absolute atomic E-state index is 13.7. The Morgan fingerprint density at radius 1 is 0.534 bits per heavy atom. The number of aliphatic hydroxyl groups is 5. The summed E-state index contributed by atoms with van der Waals surface area (Å²) in [4.78, 5) is 59.1. The van der Waals surface area contributed by atoms with Crippen LogP contribution in [0.1, 0.15) is 178 Å². The predicted octanol–water partition coefficient (Wildman–Crippen LogP) is 2.57. The van der Waals surface area contributed by atoms with E-state index in [9.17, 15) is 39.6 Å². The van der Waals surface area contributed by atoms with Crippen molar-refractivity contribution in [2.45, 2.75) is 217 Å². The van der Waals surface area contributed by atoms with Crippen LogP contribution in [-0.2, 0) is 76.6 Å². The van der Waals surface area contributed by atoms with Crippen molar-refractivity contribution in [3.8, 4) is 0 Å². The van der Waals surface area contributed by atoms with E-state index in [0.717, 1.165) is 118 Å². The maximum atomic E-state index is 13.7. The first-order valence-electron chi connectivity index (χ1n) is 31.8. The number of carbonyl (C=O) groups is 4. The molecule has 12 bridgehead atoms. The molecule has 5 N–H and O–H groups in total. The molecule has 3 aromatic carbocycles. The van der Waals surface area contributed by atoms with Crippen LogP contribution >= 0.6 is 0 Å². The SMILES string of the molecule is CO.Cc1ccc2c(c1)[C@]13CCN(CC4CC4)[C@H](C2)[C@]12CC[C@](O)(C3)C(=O)O2.Cc1ccc2c(c1)[C@]13CCN(CC4CC4)[C@H](C2=O)[C@]12CC[C@](O)(C3)C(=O)O2.Cc1ccc2c(c1)[C@]13CCN(CC4CC4)[C@H]([C@@H]2O)[C@]12CC[C@](O)(C3)C(=O)O2.[B].[H-].[Na+].[O]=[Cr](=[O])=[O]. The molecule has 18 aliphatic rings. The van der Waals surface area contributed by atoms with Gasteiger partial charge in [0.2, 0.25) is 0 Å². The van der Waals surface area contributed by atoms with Crippen LogP contribution in [0.5, 0.6) is 0 Å². The molecule has 15 fully saturated rings. The zero-order chi connectivity index (χ0) is 60.5. The number of hydrogen-bond donors (Lipinski definition) is 5. The van der Waals surface area contributed by atoms with Crippen molar-refractivity contribution in [3.63, 3.8) is 0 Å². The first-order chi connectivity index (χ1) is 41.0. The molecule has 18 nitrogen and oxygen atoms in total. The second kappa shape index (κ2) is 22.3. The number of aliphatic hydroxyl groups excluding tert-OH is 2. The second-order valence-corrected chi connectivity index (χ2v) is 29.8. The van der Waals surface area contributed by atoms with E-state index in [1.54, 1.807) is 0 Å². The van der Waals surface area contributed by atoms with E-state index < -0.39 is 77.1 Å². The Hall–Kier alpha value is -3.58. The molecule has 9 heterocycles. The molecule has 21 heteroatoms. The van der Waals surface area contributed by atoms with Gasteiger partial charge in [-0.2, -0.15) is 0 Å². The Balaban J connectivity index is 0.000000130. The van der Waals surface area contributed by atoms with Crippen molar-refractivity contribution in [2.75, 3.05) is 46.4 Å². The fourth-order valence-electron chi connectivity index (χ4n) is 20.0. The summed E-state index contributed by atoms with van der Waals surface area (Å²) in [5, 5.41) is 51.6. The van der Waals surface area contributed by atoms with Gasteiger partial charge >= 0.3 is 72.8 Å². The minimum atomic E-state index is -3.79. The van der Waals surface area contributed by atoms with Crippen molar-refractivity contribution in [1.82, 2.24) is 14.7 Å². The molecule has 0 amide bonds. The van der Waals surface area contributed by atoms with Crippen molar-refractivity contribution < 1.29 is 115 Å². The fourth-order valence-corrected chi connectivity index (χ4v) is 20.0. The molecule has 9 saturated heterocycles. The van der Waals surface area contributed by atoms with Crippen LogP contribution < -0.4 is 29.6 Å². The summed E-state index contributed by atoms with van der Waals surface area (Å²) in [5.41, 5.74) is 2.97. The number of ether oxygens (including phenoxy) is 3. The standard InChI is InChI=1S/C22H27NO4.C22H25NO4.C22H27NO3.CH4O.B.Cr.Na.3O.H/c2*1-13-2-5-15-16(10-13)20-8-9-23(11-14-3-4-14)18(17(15)24)22(20)7-6-21(26,12-20)19(25)27-22;1-14-2-5-16-11-18-22-7-6-21(25,19(24)26-22)13-20(22,17(16)10-14)8-9-23(18)12-15-3-4-15;1-2;;;;;;;/h2,5,10,14,17-18,24,26H,3-4,6-9,11-12H2,1H3;2,5,10,14,18,26H,3-4,6-9,11-12H2,1H3;2,5,10,15,18,25H,3-4,6-9,11-13H2,1H3;2H,1H3;;;;;;;/q;;;;;;+1;;;;-1/t17-,18-,20-,21+,22-;2*18-,20-,21+,22-;;;;;;;;/m111......../s1. The molecule has 9 aliphatic carbocycles. The number of ketones is 1. The van der Waals surface area contributed by atoms with Gasteiger partial charge in [0.25, 0.3) is 0 Å². The molecule has 6 saturated carbocycles. The number of carbonyl (C=O) groups excluding carboxylic acids is 4. The average Bonchev–Trinajstić information content (AvgIpc) is 1.02. The zero-order valence-corrected chi connectivity index (χ0v) is 54.8. The van der Waals surface area contributed by atoms with Gasteiger partial charge in [-0.1, -0.05) is 71.3 Å². The molecular formula is C67H84BCrN3NaO15. The first kappa shape index (κ1) is 64.5. The van der Waals surface area contributed by atoms with Crippen LogP contribution in [0.15, 0.2) is 54.6 Å². The summed E-state index contributed by atoms with van der Waals surface area (Å²) in [7, 11) is 1.00. The molecule has 3 radical (unpaired) electrons. The quantitative estimate of drug-likeness (QED) is 0.135. The van der Waals surface area contributed by atoms with Gasteiger partial charge in [-0.25, -0.2) is 14.4 Å². The average molecular weight is 1260 g/mol. The van der Waals surface area contributed by atoms with Crippen LogP contribution in [0.4, 0.5) is 0 Å². The Bertz CT molecular complexity index is 3500. The number of fused-ring (bicyclic) bond motifs is 9. The van der Waals surface area contributed by atoms with E-state index in [0.29, 0.717) is 63.2 Å². The third-order valence-electron chi connectivity index (χ3n) is 24.4. The van der Waals surface area contributed by atoms with Gasteiger partial charge in [-0.15, -0.1) is 0 Å². The van der Waals surface area contributed by atoms with Gasteiger partial charge in [0.15, 0.2) is 22.6 Å². The Labute approximate surface area is 544 Å². The molecule has 0 aromatic heterocycles. The summed E-state index contributed by atoms with van der Waals surface area (Å²) in [6.07, 6.45) is 15.4. The molecule has 88 heavy (non-hydrogen) atoms. The van der Waals surface area contributed by atoms with Crippen molar-refractivity contribution in [3.05, 3.63) is 105 Å².